The van der Waals surface area contributed by atoms with Gasteiger partial charge in [0.25, 0.3) is 0 Å². The van der Waals surface area contributed by atoms with Gasteiger partial charge in [0.15, 0.2) is 5.82 Å². The summed E-state index contributed by atoms with van der Waals surface area (Å²) in [5, 5.41) is 25.4. The molecule has 3 aliphatic carbocycles. The number of aromatic nitrogens is 3. The molecule has 4 fully saturated rings. The Kier molecular flexibility index (Phi) is 9.45. The highest BCUT2D eigenvalue weighted by molar-refractivity contribution is 7.99. The number of carbonyl (C=O) groups is 2. The van der Waals surface area contributed by atoms with Crippen LogP contribution in [0.4, 0.5) is 5.69 Å². The normalized spacial score (nSPS) is 35.7. The number of Topliss-reactive ketones (excluding diaryl/α,β-unsaturated/α-hetero) is 1. The van der Waals surface area contributed by atoms with E-state index in [0.717, 1.165) is 56.8 Å². The van der Waals surface area contributed by atoms with Gasteiger partial charge in [-0.15, -0.1) is 16.8 Å². The molecule has 1 aromatic carbocycles. The molecule has 2 aromatic rings. The number of nitrogens with zero attached hydrogens (tertiary/aromatic N) is 5. The van der Waals surface area contributed by atoms with Crippen LogP contribution in [0.15, 0.2) is 47.2 Å². The highest BCUT2D eigenvalue weighted by Gasteiger charge is 2.68. The first-order chi connectivity index (χ1) is 22.4. The molecule has 0 unspecified atom stereocenters. The quantitative estimate of drug-likeness (QED) is 0.174. The summed E-state index contributed by atoms with van der Waals surface area (Å²) in [6.07, 6.45) is 5.85. The molecular formula is C36H49N5O5S. The molecule has 3 saturated carbocycles. The largest absolute Gasteiger partial charge is 0.461 e. The second-order valence-electron chi connectivity index (χ2n) is 14.6. The van der Waals surface area contributed by atoms with Crippen LogP contribution in [0.2, 0.25) is 0 Å². The van der Waals surface area contributed by atoms with Gasteiger partial charge >= 0.3 is 5.97 Å². The summed E-state index contributed by atoms with van der Waals surface area (Å²) in [4.78, 5) is 29.6. The molecule has 6 rings (SSSR count). The van der Waals surface area contributed by atoms with E-state index in [1.165, 1.54) is 11.8 Å². The SMILES string of the molecule is C=C[C@]1(C)C[C@@H](OC(=O)CSc2nnc(C)n2/N=C/c2ccc(N3CCOCC3)cc2)[C@]2(C)[C@H](C)CC[C@]3(CCC(=O)[C@H]32)[C@@H](C)[C@@H]1O. The van der Waals surface area contributed by atoms with Crippen molar-refractivity contribution in [3.8, 4) is 0 Å². The lowest BCUT2D eigenvalue weighted by molar-refractivity contribution is -0.205. The van der Waals surface area contributed by atoms with Gasteiger partial charge in [-0.3, -0.25) is 9.59 Å². The number of ether oxygens (including phenoxy) is 2. The second kappa shape index (κ2) is 13.1. The molecule has 0 spiro atoms. The zero-order chi connectivity index (χ0) is 33.6. The van der Waals surface area contributed by atoms with E-state index in [1.54, 1.807) is 10.9 Å². The van der Waals surface area contributed by atoms with Crippen LogP contribution in [0.5, 0.6) is 0 Å². The topological polar surface area (TPSA) is 119 Å². The van der Waals surface area contributed by atoms with Gasteiger partial charge < -0.3 is 19.5 Å². The molecule has 47 heavy (non-hydrogen) atoms. The lowest BCUT2D eigenvalue weighted by atomic mass is 9.44. The minimum absolute atomic E-state index is 0.0103. The van der Waals surface area contributed by atoms with E-state index in [1.807, 2.05) is 32.1 Å². The van der Waals surface area contributed by atoms with Crippen LogP contribution in [-0.4, -0.2) is 82.2 Å². The van der Waals surface area contributed by atoms with Gasteiger partial charge in [-0.25, -0.2) is 0 Å². The number of aliphatic hydroxyl groups is 1. The van der Waals surface area contributed by atoms with Crippen molar-refractivity contribution in [3.63, 3.8) is 0 Å². The number of benzene rings is 1. The number of carbonyl (C=O) groups excluding carboxylic acids is 2. The Bertz CT molecular complexity index is 1520. The summed E-state index contributed by atoms with van der Waals surface area (Å²) in [6.45, 7) is 17.6. The zero-order valence-corrected chi connectivity index (χ0v) is 29.2. The molecule has 0 amide bonds. The van der Waals surface area contributed by atoms with Crippen molar-refractivity contribution >= 4 is 35.4 Å². The van der Waals surface area contributed by atoms with Crippen LogP contribution in [0.1, 0.15) is 71.2 Å². The van der Waals surface area contributed by atoms with Crippen LogP contribution >= 0.6 is 11.8 Å². The van der Waals surface area contributed by atoms with Gasteiger partial charge in [0.2, 0.25) is 5.16 Å². The molecule has 0 radical (unpaired) electrons. The van der Waals surface area contributed by atoms with E-state index >= 15 is 0 Å². The number of aryl methyl sites for hydroxylation is 1. The summed E-state index contributed by atoms with van der Waals surface area (Å²) >= 11 is 1.22. The molecule has 1 N–H and O–H groups in total. The number of esters is 1. The predicted molar refractivity (Wildman–Crippen MR) is 183 cm³/mol. The molecule has 2 heterocycles. The Labute approximate surface area is 282 Å². The summed E-state index contributed by atoms with van der Waals surface area (Å²) in [5.74, 6) is 0.313. The van der Waals surface area contributed by atoms with Gasteiger partial charge in [0, 0.05) is 41.9 Å². The Morgan fingerprint density at radius 1 is 1.19 bits per heavy atom. The van der Waals surface area contributed by atoms with Crippen molar-refractivity contribution < 1.29 is 24.2 Å². The maximum Gasteiger partial charge on any atom is 0.316 e. The molecular weight excluding hydrogens is 614 g/mol. The van der Waals surface area contributed by atoms with E-state index in [9.17, 15) is 14.7 Å². The monoisotopic (exact) mass is 663 g/mol. The molecule has 254 valence electrons. The molecule has 11 heteroatoms. The first kappa shape index (κ1) is 33.9. The number of hydrogen-bond donors (Lipinski definition) is 1. The molecule has 1 aromatic heterocycles. The first-order valence-corrected chi connectivity index (χ1v) is 18.0. The highest BCUT2D eigenvalue weighted by atomic mass is 32.2. The third-order valence-electron chi connectivity index (χ3n) is 12.3. The molecule has 1 aliphatic heterocycles. The fraction of sp³-hybridized carbons (Fsp3) is 0.639. The van der Waals surface area contributed by atoms with E-state index in [0.29, 0.717) is 23.8 Å². The lowest BCUT2D eigenvalue weighted by Crippen LogP contribution is -2.63. The van der Waals surface area contributed by atoms with Gasteiger partial charge in [0.05, 0.1) is 31.3 Å². The Hall–Kier alpha value is -3.02. The molecule has 4 aliphatic rings. The van der Waals surface area contributed by atoms with Crippen LogP contribution < -0.4 is 4.90 Å². The number of anilines is 1. The van der Waals surface area contributed by atoms with Crippen LogP contribution in [0.25, 0.3) is 0 Å². The predicted octanol–water partition coefficient (Wildman–Crippen LogP) is 5.30. The smallest absolute Gasteiger partial charge is 0.316 e. The molecule has 8 atom stereocenters. The van der Waals surface area contributed by atoms with E-state index in [2.05, 4.69) is 59.7 Å². The number of rotatable bonds is 8. The molecule has 2 bridgehead atoms. The van der Waals surface area contributed by atoms with Gasteiger partial charge in [-0.05, 0) is 67.6 Å². The average Bonchev–Trinajstić information content (AvgIpc) is 3.62. The minimum Gasteiger partial charge on any atom is -0.461 e. The third-order valence-corrected chi connectivity index (χ3v) is 13.1. The summed E-state index contributed by atoms with van der Waals surface area (Å²) in [7, 11) is 0. The van der Waals surface area contributed by atoms with Gasteiger partial charge in [-0.2, -0.15) is 9.78 Å². The van der Waals surface area contributed by atoms with Crippen molar-refractivity contribution in [1.29, 1.82) is 0 Å². The summed E-state index contributed by atoms with van der Waals surface area (Å²) in [6, 6.07) is 8.22. The first-order valence-electron chi connectivity index (χ1n) is 17.0. The number of ketones is 1. The van der Waals surface area contributed by atoms with Crippen molar-refractivity contribution in [1.82, 2.24) is 14.9 Å². The average molecular weight is 664 g/mol. The second-order valence-corrected chi connectivity index (χ2v) is 15.6. The van der Waals surface area contributed by atoms with Crippen LogP contribution in [0, 0.1) is 40.9 Å². The van der Waals surface area contributed by atoms with Crippen molar-refractivity contribution in [3.05, 3.63) is 48.3 Å². The fourth-order valence-electron chi connectivity index (χ4n) is 9.10. The molecule has 10 nitrogen and oxygen atoms in total. The standard InChI is InChI=1S/C36H49N5O5S/c1-7-34(5)20-29(35(6)23(2)12-14-36(24(3)32(34)44)15-13-28(42)31(35)36)46-30(43)22-47-33-39-38-25(4)41(33)37-21-26-8-10-27(11-9-26)40-16-18-45-19-17-40/h7-11,21,23-24,29,31-32,44H,1,12-20,22H2,2-6H3/b37-21+/t23-,24+,29-,31+,32+,34-,35+,36+/m1/s1. The van der Waals surface area contributed by atoms with E-state index in [-0.39, 0.29) is 40.7 Å². The number of thioether (sulfide) groups is 1. The number of hydrogen-bond acceptors (Lipinski definition) is 10. The van der Waals surface area contributed by atoms with Gasteiger partial charge in [-0.1, -0.05) is 57.7 Å². The van der Waals surface area contributed by atoms with E-state index < -0.39 is 23.0 Å². The van der Waals surface area contributed by atoms with Gasteiger partial charge in [0.1, 0.15) is 11.9 Å². The Morgan fingerprint density at radius 2 is 1.91 bits per heavy atom. The summed E-state index contributed by atoms with van der Waals surface area (Å²) in [5.41, 5.74) is 0.552. The van der Waals surface area contributed by atoms with Crippen LogP contribution in [0.3, 0.4) is 0 Å². The Morgan fingerprint density at radius 3 is 2.62 bits per heavy atom. The number of aliphatic hydroxyl groups excluding tert-OH is 1. The third kappa shape index (κ3) is 5.97. The summed E-state index contributed by atoms with van der Waals surface area (Å²) < 4.78 is 13.5. The number of morpholine rings is 1. The van der Waals surface area contributed by atoms with Crippen LogP contribution in [-0.2, 0) is 19.1 Å². The zero-order valence-electron chi connectivity index (χ0n) is 28.4. The lowest BCUT2D eigenvalue weighted by Gasteiger charge is -2.61. The minimum atomic E-state index is -0.697. The maximum atomic E-state index is 13.7. The molecule has 1 saturated heterocycles. The van der Waals surface area contributed by atoms with Crippen molar-refractivity contribution in [2.24, 2.45) is 39.1 Å². The maximum absolute atomic E-state index is 13.7. The van der Waals surface area contributed by atoms with Crippen molar-refractivity contribution in [2.75, 3.05) is 37.0 Å². The highest BCUT2D eigenvalue weighted by Crippen LogP contribution is 2.68. The van der Waals surface area contributed by atoms with E-state index in [4.69, 9.17) is 9.47 Å². The Balaban J connectivity index is 1.18. The van der Waals surface area contributed by atoms with Crippen molar-refractivity contribution in [2.45, 2.75) is 84.1 Å². The fourth-order valence-corrected chi connectivity index (χ4v) is 9.81.